The molecule has 2 aromatic carbocycles. The zero-order valence-corrected chi connectivity index (χ0v) is 23.9. The first-order valence-corrected chi connectivity index (χ1v) is 13.9. The summed E-state index contributed by atoms with van der Waals surface area (Å²) in [5.41, 5.74) is 14.3. The fraction of sp³-hybridized carbons (Fsp3) is 0.267. The van der Waals surface area contributed by atoms with Gasteiger partial charge in [0.05, 0.1) is 18.9 Å². The SMILES string of the molecule is NC(=O)CC(NC(=O)C(CC(=O)O)NC(=O)C(N)Cc1c[nH]c2ccccc12)C(=O)NC(Cc1c[nH]c2ccccc12)C(=O)O. The van der Waals surface area contributed by atoms with Crippen molar-refractivity contribution < 1.29 is 39.0 Å². The number of carboxylic acids is 2. The number of fused-ring (bicyclic) bond motifs is 2. The molecule has 0 aliphatic rings. The van der Waals surface area contributed by atoms with E-state index in [1.54, 1.807) is 36.7 Å². The van der Waals surface area contributed by atoms with Crippen LogP contribution < -0.4 is 27.4 Å². The highest BCUT2D eigenvalue weighted by atomic mass is 16.4. The molecule has 15 nitrogen and oxygen atoms in total. The standard InChI is InChI=1S/C30H33N7O8/c31-19(9-15-13-33-20-7-3-1-5-17(15)20)27(41)35-23(12-26(39)40)29(43)36-22(11-25(32)38)28(42)37-24(30(44)45)10-16-14-34-21-8-4-2-6-18(16)21/h1-8,13-14,19,22-24,33-34H,9-12,31H2,(H2,32,38)(H,35,41)(H,36,43)(H,37,42)(H,39,40)(H,44,45). The number of benzene rings is 2. The van der Waals surface area contributed by atoms with Crippen molar-refractivity contribution in [2.45, 2.75) is 49.9 Å². The van der Waals surface area contributed by atoms with Crippen LogP contribution in [0, 0.1) is 0 Å². The minimum Gasteiger partial charge on any atom is -0.481 e. The van der Waals surface area contributed by atoms with Crippen LogP contribution in [0.15, 0.2) is 60.9 Å². The zero-order valence-electron chi connectivity index (χ0n) is 23.9. The summed E-state index contributed by atoms with van der Waals surface area (Å²) >= 11 is 0. The maximum Gasteiger partial charge on any atom is 0.326 e. The van der Waals surface area contributed by atoms with Crippen LogP contribution in [0.3, 0.4) is 0 Å². The van der Waals surface area contributed by atoms with E-state index in [-0.39, 0.29) is 12.8 Å². The number of hydrogen-bond donors (Lipinski definition) is 9. The van der Waals surface area contributed by atoms with Crippen LogP contribution in [0.2, 0.25) is 0 Å². The Morgan fingerprint density at radius 2 is 1.13 bits per heavy atom. The number of aliphatic carboxylic acids is 2. The molecule has 0 bridgehead atoms. The highest BCUT2D eigenvalue weighted by Crippen LogP contribution is 2.20. The molecule has 0 radical (unpaired) electrons. The Morgan fingerprint density at radius 3 is 1.64 bits per heavy atom. The number of amides is 4. The quantitative estimate of drug-likeness (QED) is 0.0841. The van der Waals surface area contributed by atoms with Gasteiger partial charge in [0.25, 0.3) is 0 Å². The third kappa shape index (κ3) is 8.23. The van der Waals surface area contributed by atoms with E-state index in [9.17, 15) is 39.0 Å². The van der Waals surface area contributed by atoms with E-state index in [1.165, 1.54) is 0 Å². The van der Waals surface area contributed by atoms with Crippen molar-refractivity contribution in [2.24, 2.45) is 11.5 Å². The van der Waals surface area contributed by atoms with Crippen molar-refractivity contribution in [1.82, 2.24) is 25.9 Å². The van der Waals surface area contributed by atoms with Gasteiger partial charge in [0.15, 0.2) is 0 Å². The molecular weight excluding hydrogens is 586 g/mol. The van der Waals surface area contributed by atoms with Gasteiger partial charge in [-0.1, -0.05) is 36.4 Å². The van der Waals surface area contributed by atoms with Crippen molar-refractivity contribution in [3.8, 4) is 0 Å². The summed E-state index contributed by atoms with van der Waals surface area (Å²) in [6.07, 6.45) is 1.63. The number of primary amides is 1. The first kappa shape index (κ1) is 32.2. The van der Waals surface area contributed by atoms with E-state index < -0.39 is 72.6 Å². The zero-order chi connectivity index (χ0) is 32.7. The highest BCUT2D eigenvalue weighted by Gasteiger charge is 2.32. The predicted octanol–water partition coefficient (Wildman–Crippen LogP) is -0.349. The van der Waals surface area contributed by atoms with Crippen LogP contribution in [0.25, 0.3) is 21.8 Å². The van der Waals surface area contributed by atoms with Crippen molar-refractivity contribution in [3.05, 3.63) is 72.1 Å². The maximum atomic E-state index is 13.2. The number of rotatable bonds is 15. The van der Waals surface area contributed by atoms with E-state index in [1.807, 2.05) is 24.3 Å². The van der Waals surface area contributed by atoms with Gasteiger partial charge < -0.3 is 47.6 Å². The summed E-state index contributed by atoms with van der Waals surface area (Å²) in [5, 5.41) is 27.6. The maximum absolute atomic E-state index is 13.2. The third-order valence-corrected chi connectivity index (χ3v) is 7.22. The molecule has 0 fully saturated rings. The smallest absolute Gasteiger partial charge is 0.326 e. The van der Waals surface area contributed by atoms with Gasteiger partial charge in [-0.05, 0) is 29.7 Å². The summed E-state index contributed by atoms with van der Waals surface area (Å²) < 4.78 is 0. The molecule has 4 aromatic rings. The van der Waals surface area contributed by atoms with E-state index in [0.717, 1.165) is 27.4 Å². The number of nitrogens with two attached hydrogens (primary N) is 2. The monoisotopic (exact) mass is 619 g/mol. The fourth-order valence-corrected chi connectivity index (χ4v) is 4.97. The molecule has 2 heterocycles. The van der Waals surface area contributed by atoms with Crippen LogP contribution in [-0.4, -0.2) is 79.9 Å². The second-order valence-electron chi connectivity index (χ2n) is 10.5. The number of nitrogens with one attached hydrogen (secondary N) is 5. The summed E-state index contributed by atoms with van der Waals surface area (Å²) in [6.45, 7) is 0. The third-order valence-electron chi connectivity index (χ3n) is 7.22. The van der Waals surface area contributed by atoms with Gasteiger partial charge in [-0.3, -0.25) is 24.0 Å². The lowest BCUT2D eigenvalue weighted by molar-refractivity contribution is -0.143. The normalized spacial score (nSPS) is 13.8. The topological polar surface area (TPSA) is 263 Å². The molecule has 0 aliphatic carbocycles. The Labute approximate surface area is 255 Å². The number of H-pyrrole nitrogens is 2. The lowest BCUT2D eigenvalue weighted by Crippen LogP contribution is -2.58. The molecule has 236 valence electrons. The van der Waals surface area contributed by atoms with Gasteiger partial charge in [0.1, 0.15) is 18.1 Å². The molecule has 0 saturated heterocycles. The van der Waals surface area contributed by atoms with Crippen LogP contribution in [0.4, 0.5) is 0 Å². The number of aromatic nitrogens is 2. The van der Waals surface area contributed by atoms with Gasteiger partial charge in [-0.15, -0.1) is 0 Å². The van der Waals surface area contributed by atoms with Crippen LogP contribution >= 0.6 is 0 Å². The number of hydrogen-bond acceptors (Lipinski definition) is 7. The lowest BCUT2D eigenvalue weighted by atomic mass is 10.0. The summed E-state index contributed by atoms with van der Waals surface area (Å²) in [6, 6.07) is 8.50. The molecule has 11 N–H and O–H groups in total. The molecule has 4 rings (SSSR count). The minimum atomic E-state index is -1.69. The average molecular weight is 620 g/mol. The fourth-order valence-electron chi connectivity index (χ4n) is 4.97. The second kappa shape index (κ2) is 14.2. The largest absolute Gasteiger partial charge is 0.481 e. The number of para-hydroxylation sites is 2. The van der Waals surface area contributed by atoms with Gasteiger partial charge in [0.2, 0.25) is 23.6 Å². The van der Waals surface area contributed by atoms with Crippen molar-refractivity contribution in [3.63, 3.8) is 0 Å². The molecule has 4 atom stereocenters. The van der Waals surface area contributed by atoms with E-state index in [0.29, 0.717) is 5.56 Å². The first-order valence-electron chi connectivity index (χ1n) is 13.9. The first-order chi connectivity index (χ1) is 21.4. The van der Waals surface area contributed by atoms with Gasteiger partial charge in [0, 0.05) is 40.6 Å². The molecule has 2 aromatic heterocycles. The van der Waals surface area contributed by atoms with Crippen molar-refractivity contribution >= 4 is 57.4 Å². The highest BCUT2D eigenvalue weighted by molar-refractivity contribution is 5.97. The molecular formula is C30H33N7O8. The number of carbonyl (C=O) groups is 6. The average Bonchev–Trinajstić information content (AvgIpc) is 3.59. The number of aromatic amines is 2. The van der Waals surface area contributed by atoms with Gasteiger partial charge in [-0.25, -0.2) is 4.79 Å². The number of carbonyl (C=O) groups excluding carboxylic acids is 4. The summed E-state index contributed by atoms with van der Waals surface area (Å²) in [7, 11) is 0. The Hall–Kier alpha value is -5.70. The molecule has 15 heteroatoms. The molecule has 4 unspecified atom stereocenters. The Morgan fingerprint density at radius 1 is 0.667 bits per heavy atom. The van der Waals surface area contributed by atoms with Crippen LogP contribution in [0.1, 0.15) is 24.0 Å². The molecule has 0 aliphatic heterocycles. The van der Waals surface area contributed by atoms with Crippen molar-refractivity contribution in [1.29, 1.82) is 0 Å². The molecule has 0 saturated carbocycles. The minimum absolute atomic E-state index is 0.0664. The Balaban J connectivity index is 1.45. The van der Waals surface area contributed by atoms with E-state index in [2.05, 4.69) is 25.9 Å². The summed E-state index contributed by atoms with van der Waals surface area (Å²) in [5.74, 6) is -6.82. The second-order valence-corrected chi connectivity index (χ2v) is 10.5. The summed E-state index contributed by atoms with van der Waals surface area (Å²) in [4.78, 5) is 80.7. The van der Waals surface area contributed by atoms with E-state index in [4.69, 9.17) is 11.5 Å². The van der Waals surface area contributed by atoms with E-state index >= 15 is 0 Å². The Kier molecular flexibility index (Phi) is 10.2. The molecule has 4 amide bonds. The predicted molar refractivity (Wildman–Crippen MR) is 161 cm³/mol. The van der Waals surface area contributed by atoms with Crippen molar-refractivity contribution in [2.75, 3.05) is 0 Å². The Bertz CT molecular complexity index is 1750. The lowest BCUT2D eigenvalue weighted by Gasteiger charge is -2.24. The van der Waals surface area contributed by atoms with Gasteiger partial charge in [-0.2, -0.15) is 0 Å². The molecule has 45 heavy (non-hydrogen) atoms. The van der Waals surface area contributed by atoms with Crippen LogP contribution in [0.5, 0.6) is 0 Å². The molecule has 0 spiro atoms. The number of carboxylic acid groups (broad SMARTS) is 2. The van der Waals surface area contributed by atoms with Gasteiger partial charge >= 0.3 is 11.9 Å². The van der Waals surface area contributed by atoms with Crippen LogP contribution in [-0.2, 0) is 41.6 Å².